The first kappa shape index (κ1) is 33.8. The van der Waals surface area contributed by atoms with Gasteiger partial charge in [-0.1, -0.05) is 72.8 Å². The Morgan fingerprint density at radius 2 is 1.47 bits per heavy atom. The highest BCUT2D eigenvalue weighted by Crippen LogP contribution is 2.38. The quantitative estimate of drug-likeness (QED) is 0.138. The Hall–Kier alpha value is -5.05. The molecular weight excluding hydrogens is 614 g/mol. The average Bonchev–Trinajstić information content (AvgIpc) is 3.45. The number of rotatable bonds is 12. The molecule has 9 heteroatoms. The number of hydrogen-bond donors (Lipinski definition) is 2. The fourth-order valence-electron chi connectivity index (χ4n) is 6.32. The summed E-state index contributed by atoms with van der Waals surface area (Å²) in [4.78, 5) is 16.9. The lowest BCUT2D eigenvalue weighted by atomic mass is 9.82. The van der Waals surface area contributed by atoms with E-state index in [1.807, 2.05) is 105 Å². The van der Waals surface area contributed by atoms with Gasteiger partial charge in [0.15, 0.2) is 0 Å². The molecule has 6 rings (SSSR count). The number of anilines is 1. The van der Waals surface area contributed by atoms with E-state index in [4.69, 9.17) is 24.3 Å². The van der Waals surface area contributed by atoms with Crippen LogP contribution in [0.5, 0.6) is 11.8 Å². The van der Waals surface area contributed by atoms with Crippen molar-refractivity contribution in [2.75, 3.05) is 18.5 Å². The van der Waals surface area contributed by atoms with Gasteiger partial charge in [-0.15, -0.1) is 0 Å². The number of nitrogens with zero attached hydrogens (tertiary/aromatic N) is 3. The van der Waals surface area contributed by atoms with Gasteiger partial charge < -0.3 is 24.8 Å². The molecule has 0 aliphatic heterocycles. The van der Waals surface area contributed by atoms with Crippen molar-refractivity contribution in [3.8, 4) is 23.0 Å². The van der Waals surface area contributed by atoms with Gasteiger partial charge >= 0.3 is 6.09 Å². The van der Waals surface area contributed by atoms with Crippen molar-refractivity contribution in [3.05, 3.63) is 102 Å². The molecule has 5 aromatic rings. The van der Waals surface area contributed by atoms with Gasteiger partial charge in [-0.05, 0) is 81.5 Å². The predicted octanol–water partition coefficient (Wildman–Crippen LogP) is 8.54. The number of amides is 1. The normalized spacial score (nSPS) is 16.2. The van der Waals surface area contributed by atoms with Crippen molar-refractivity contribution in [1.82, 2.24) is 20.1 Å². The number of fused-ring (bicyclic) bond motifs is 1. The molecule has 0 atom stereocenters. The van der Waals surface area contributed by atoms with Gasteiger partial charge in [0.1, 0.15) is 18.9 Å². The second kappa shape index (κ2) is 15.4. The number of aromatic nitrogens is 3. The van der Waals surface area contributed by atoms with Gasteiger partial charge in [0.25, 0.3) is 0 Å². The number of nitrogens with one attached hydrogen (secondary N) is 2. The molecular formula is C40H47N5O4. The number of para-hydroxylation sites is 1. The van der Waals surface area contributed by atoms with E-state index in [0.29, 0.717) is 43.4 Å². The lowest BCUT2D eigenvalue weighted by molar-refractivity contribution is 0.104. The van der Waals surface area contributed by atoms with Gasteiger partial charge in [-0.2, -0.15) is 10.1 Å². The first-order chi connectivity index (χ1) is 23.7. The minimum atomic E-state index is -0.335. The van der Waals surface area contributed by atoms with Gasteiger partial charge in [0.2, 0.25) is 11.8 Å². The monoisotopic (exact) mass is 661 g/mol. The molecule has 1 aliphatic carbocycles. The molecule has 49 heavy (non-hydrogen) atoms. The molecule has 3 aromatic carbocycles. The highest BCUT2D eigenvalue weighted by Gasteiger charge is 2.24. The van der Waals surface area contributed by atoms with Crippen LogP contribution in [-0.2, 0) is 25.0 Å². The van der Waals surface area contributed by atoms with Crippen LogP contribution in [0.25, 0.3) is 22.2 Å². The standard InChI is InChI=1S/C40H47N5O4/c1-40(2,3)43-39(46)49-27-31-20-18-28(19-21-31)24-41-34-17-11-16-32-36(44-45(4)37(32)34)33-22-23-35(47-25-29-12-7-5-8-13-29)42-38(33)48-26-30-14-9-6-10-15-30/h5-17,22-23,28,31,41H,18-21,24-27H2,1-4H3,(H,43,46). The summed E-state index contributed by atoms with van der Waals surface area (Å²) in [7, 11) is 1.98. The van der Waals surface area contributed by atoms with Crippen molar-refractivity contribution in [1.29, 1.82) is 0 Å². The van der Waals surface area contributed by atoms with E-state index >= 15 is 0 Å². The first-order valence-electron chi connectivity index (χ1n) is 17.2. The van der Waals surface area contributed by atoms with Crippen LogP contribution in [0.4, 0.5) is 10.5 Å². The smallest absolute Gasteiger partial charge is 0.407 e. The van der Waals surface area contributed by atoms with E-state index < -0.39 is 0 Å². The third kappa shape index (κ3) is 9.10. The zero-order valence-electron chi connectivity index (χ0n) is 28.9. The molecule has 1 saturated carbocycles. The molecule has 2 N–H and O–H groups in total. The SMILES string of the molecule is Cn1nc(-c2ccc(OCc3ccccc3)nc2OCc2ccccc2)c2cccc(NCC3CCC(COC(=O)NC(C)(C)C)CC3)c21. The van der Waals surface area contributed by atoms with E-state index in [-0.39, 0.29) is 11.6 Å². The molecule has 0 spiro atoms. The largest absolute Gasteiger partial charge is 0.473 e. The number of pyridine rings is 1. The maximum atomic E-state index is 12.1. The Labute approximate surface area is 289 Å². The zero-order valence-corrected chi connectivity index (χ0v) is 28.9. The van der Waals surface area contributed by atoms with E-state index in [1.165, 1.54) is 0 Å². The summed E-state index contributed by atoms with van der Waals surface area (Å²) in [6, 6.07) is 30.3. The molecule has 1 fully saturated rings. The van der Waals surface area contributed by atoms with Crippen molar-refractivity contribution in [3.63, 3.8) is 0 Å². The van der Waals surface area contributed by atoms with Gasteiger partial charge in [-0.25, -0.2) is 4.79 Å². The summed E-state index contributed by atoms with van der Waals surface area (Å²) in [5, 5.41) is 12.6. The van der Waals surface area contributed by atoms with E-state index in [1.54, 1.807) is 0 Å². The van der Waals surface area contributed by atoms with Gasteiger partial charge in [-0.3, -0.25) is 4.68 Å². The fraction of sp³-hybridized carbons (Fsp3) is 0.375. The minimum absolute atomic E-state index is 0.296. The molecule has 0 saturated heterocycles. The van der Waals surface area contributed by atoms with Crippen LogP contribution in [-0.4, -0.2) is 39.5 Å². The average molecular weight is 662 g/mol. The minimum Gasteiger partial charge on any atom is -0.473 e. The predicted molar refractivity (Wildman–Crippen MR) is 194 cm³/mol. The number of alkyl carbamates (subject to hydrolysis) is 1. The highest BCUT2D eigenvalue weighted by atomic mass is 16.5. The lowest BCUT2D eigenvalue weighted by Gasteiger charge is -2.29. The second-order valence-electron chi connectivity index (χ2n) is 14.0. The molecule has 1 amide bonds. The topological polar surface area (TPSA) is 99.5 Å². The van der Waals surface area contributed by atoms with Crippen molar-refractivity contribution < 1.29 is 19.0 Å². The summed E-state index contributed by atoms with van der Waals surface area (Å²) in [5.74, 6) is 1.93. The van der Waals surface area contributed by atoms with Crippen LogP contribution >= 0.6 is 0 Å². The van der Waals surface area contributed by atoms with E-state index in [0.717, 1.165) is 71.2 Å². The van der Waals surface area contributed by atoms with Crippen LogP contribution in [0, 0.1) is 11.8 Å². The number of hydrogen-bond acceptors (Lipinski definition) is 7. The molecule has 0 radical (unpaired) electrons. The molecule has 0 unspecified atom stereocenters. The van der Waals surface area contributed by atoms with Crippen molar-refractivity contribution >= 4 is 22.7 Å². The van der Waals surface area contributed by atoms with Crippen LogP contribution in [0.2, 0.25) is 0 Å². The number of aryl methyl sites for hydroxylation is 1. The summed E-state index contributed by atoms with van der Waals surface area (Å²) in [5.41, 5.74) is 5.52. The number of carbonyl (C=O) groups is 1. The lowest BCUT2D eigenvalue weighted by Crippen LogP contribution is -2.41. The van der Waals surface area contributed by atoms with Crippen molar-refractivity contribution in [2.45, 2.75) is 65.2 Å². The second-order valence-corrected chi connectivity index (χ2v) is 14.0. The molecule has 1 aliphatic rings. The van der Waals surface area contributed by atoms with E-state index in [9.17, 15) is 4.79 Å². The first-order valence-corrected chi connectivity index (χ1v) is 17.2. The van der Waals surface area contributed by atoms with Gasteiger partial charge in [0.05, 0.1) is 23.4 Å². The number of carbonyl (C=O) groups excluding carboxylic acids is 1. The van der Waals surface area contributed by atoms with E-state index in [2.05, 4.69) is 28.8 Å². The Bertz CT molecular complexity index is 1830. The molecule has 2 aromatic heterocycles. The molecule has 2 heterocycles. The van der Waals surface area contributed by atoms with Crippen LogP contribution in [0.1, 0.15) is 57.6 Å². The number of benzene rings is 3. The fourth-order valence-corrected chi connectivity index (χ4v) is 6.32. The van der Waals surface area contributed by atoms with Gasteiger partial charge in [0, 0.05) is 30.6 Å². The highest BCUT2D eigenvalue weighted by molar-refractivity contribution is 6.00. The van der Waals surface area contributed by atoms with Crippen LogP contribution in [0.15, 0.2) is 91.0 Å². The Morgan fingerprint density at radius 1 is 0.816 bits per heavy atom. The summed E-state index contributed by atoms with van der Waals surface area (Å²) >= 11 is 0. The maximum Gasteiger partial charge on any atom is 0.407 e. The third-order valence-corrected chi connectivity index (χ3v) is 8.88. The molecule has 256 valence electrons. The molecule has 0 bridgehead atoms. The third-order valence-electron chi connectivity index (χ3n) is 8.88. The zero-order chi connectivity index (χ0) is 34.2. The maximum absolute atomic E-state index is 12.1. The van der Waals surface area contributed by atoms with Crippen LogP contribution in [0.3, 0.4) is 0 Å². The van der Waals surface area contributed by atoms with Crippen molar-refractivity contribution in [2.24, 2.45) is 18.9 Å². The Kier molecular flexibility index (Phi) is 10.7. The summed E-state index contributed by atoms with van der Waals surface area (Å²) in [6.45, 7) is 8.00. The number of ether oxygens (including phenoxy) is 3. The Balaban J connectivity index is 1.15. The Morgan fingerprint density at radius 3 is 2.14 bits per heavy atom. The summed E-state index contributed by atoms with van der Waals surface area (Å²) in [6.07, 6.45) is 3.97. The molecule has 9 nitrogen and oxygen atoms in total. The summed E-state index contributed by atoms with van der Waals surface area (Å²) < 4.78 is 19.9. The van der Waals surface area contributed by atoms with Crippen LogP contribution < -0.4 is 20.1 Å².